The summed E-state index contributed by atoms with van der Waals surface area (Å²) in [5.74, 6) is 0.592. The van der Waals surface area contributed by atoms with Crippen LogP contribution < -0.4 is 4.74 Å². The highest BCUT2D eigenvalue weighted by molar-refractivity contribution is 9.10. The van der Waals surface area contributed by atoms with Gasteiger partial charge in [-0.2, -0.15) is 5.26 Å². The second-order valence-electron chi connectivity index (χ2n) is 4.14. The van der Waals surface area contributed by atoms with Gasteiger partial charge in [0.05, 0.1) is 23.1 Å². The number of Topliss-reactive ketones (excluding diaryl/α,β-unsaturated/α-hetero) is 1. The molecule has 17 heavy (non-hydrogen) atoms. The van der Waals surface area contributed by atoms with Gasteiger partial charge in [-0.3, -0.25) is 4.79 Å². The predicted octanol–water partition coefficient (Wildman–Crippen LogP) is 3.22. The maximum absolute atomic E-state index is 11.3. The number of nitrogens with zero attached hydrogens (tertiary/aromatic N) is 1. The van der Waals surface area contributed by atoms with Crippen LogP contribution >= 0.6 is 15.9 Å². The Morgan fingerprint density at radius 1 is 1.59 bits per heavy atom. The summed E-state index contributed by atoms with van der Waals surface area (Å²) in [6.07, 6.45) is 0.177. The van der Waals surface area contributed by atoms with Crippen molar-refractivity contribution in [2.75, 3.05) is 7.11 Å². The van der Waals surface area contributed by atoms with E-state index in [1.165, 1.54) is 6.92 Å². The van der Waals surface area contributed by atoms with Crippen LogP contribution in [0.1, 0.15) is 25.8 Å². The van der Waals surface area contributed by atoms with Gasteiger partial charge in [0.25, 0.3) is 0 Å². The molecule has 90 valence electrons. The first-order chi connectivity index (χ1) is 7.94. The van der Waals surface area contributed by atoms with Gasteiger partial charge in [0.15, 0.2) is 0 Å². The molecule has 0 aliphatic heterocycles. The van der Waals surface area contributed by atoms with Crippen molar-refractivity contribution in [2.24, 2.45) is 0 Å². The molecule has 0 saturated carbocycles. The molecule has 0 bridgehead atoms. The van der Waals surface area contributed by atoms with Crippen molar-refractivity contribution in [1.82, 2.24) is 0 Å². The van der Waals surface area contributed by atoms with Gasteiger partial charge < -0.3 is 4.74 Å². The lowest BCUT2D eigenvalue weighted by atomic mass is 9.79. The van der Waals surface area contributed by atoms with Gasteiger partial charge in [0.2, 0.25) is 0 Å². The maximum atomic E-state index is 11.3. The van der Waals surface area contributed by atoms with E-state index in [1.54, 1.807) is 14.0 Å². The van der Waals surface area contributed by atoms with Gasteiger partial charge in [-0.1, -0.05) is 12.1 Å². The average Bonchev–Trinajstić information content (AvgIpc) is 2.27. The topological polar surface area (TPSA) is 50.1 Å². The number of benzene rings is 1. The Morgan fingerprint density at radius 3 is 2.71 bits per heavy atom. The highest BCUT2D eigenvalue weighted by Crippen LogP contribution is 2.38. The van der Waals surface area contributed by atoms with Gasteiger partial charge in [0.1, 0.15) is 11.5 Å². The summed E-state index contributed by atoms with van der Waals surface area (Å²) >= 11 is 3.38. The molecular formula is C13H14BrNO2. The van der Waals surface area contributed by atoms with Gasteiger partial charge >= 0.3 is 0 Å². The lowest BCUT2D eigenvalue weighted by molar-refractivity contribution is -0.117. The second-order valence-corrected chi connectivity index (χ2v) is 5.00. The number of halogens is 1. The van der Waals surface area contributed by atoms with E-state index in [4.69, 9.17) is 4.74 Å². The van der Waals surface area contributed by atoms with Crippen LogP contribution in [0.5, 0.6) is 5.75 Å². The van der Waals surface area contributed by atoms with Gasteiger partial charge in [-0.15, -0.1) is 0 Å². The maximum Gasteiger partial charge on any atom is 0.137 e. The molecule has 0 spiro atoms. The van der Waals surface area contributed by atoms with Crippen LogP contribution in [-0.2, 0) is 10.2 Å². The van der Waals surface area contributed by atoms with E-state index in [0.717, 1.165) is 10.0 Å². The molecule has 0 saturated heterocycles. The van der Waals surface area contributed by atoms with Crippen molar-refractivity contribution >= 4 is 21.7 Å². The molecule has 0 aromatic heterocycles. The fraction of sp³-hybridized carbons (Fsp3) is 0.385. The fourth-order valence-electron chi connectivity index (χ4n) is 1.84. The molecule has 0 amide bonds. The smallest absolute Gasteiger partial charge is 0.137 e. The minimum Gasteiger partial charge on any atom is -0.495 e. The first-order valence-corrected chi connectivity index (χ1v) is 5.97. The number of ketones is 1. The zero-order valence-electron chi connectivity index (χ0n) is 10.1. The Kier molecular flexibility index (Phi) is 4.30. The van der Waals surface area contributed by atoms with Gasteiger partial charge in [-0.25, -0.2) is 0 Å². The van der Waals surface area contributed by atoms with Crippen LogP contribution in [0.3, 0.4) is 0 Å². The van der Waals surface area contributed by atoms with Gasteiger partial charge in [0, 0.05) is 12.0 Å². The number of carbonyl (C=O) groups excluding carboxylic acids is 1. The number of carbonyl (C=O) groups is 1. The van der Waals surface area contributed by atoms with Crippen LogP contribution in [0.4, 0.5) is 0 Å². The summed E-state index contributed by atoms with van der Waals surface area (Å²) < 4.78 is 6.08. The minimum absolute atomic E-state index is 0.0175. The Morgan fingerprint density at radius 2 is 2.24 bits per heavy atom. The second kappa shape index (κ2) is 5.33. The summed E-state index contributed by atoms with van der Waals surface area (Å²) in [5, 5.41) is 9.33. The zero-order chi connectivity index (χ0) is 13.1. The number of methoxy groups -OCH3 is 1. The van der Waals surface area contributed by atoms with Crippen molar-refractivity contribution < 1.29 is 9.53 Å². The standard InChI is InChI=1S/C13H14BrNO2/c1-9(16)7-13(2,8-15)10-5-4-6-11(14)12(10)17-3/h4-6H,7H2,1-3H3. The Labute approximate surface area is 110 Å². The Balaban J connectivity index is 3.35. The Bertz CT molecular complexity index is 479. The predicted molar refractivity (Wildman–Crippen MR) is 69.0 cm³/mol. The number of ether oxygens (including phenoxy) is 1. The van der Waals surface area contributed by atoms with Gasteiger partial charge in [-0.05, 0) is 35.8 Å². The van der Waals surface area contributed by atoms with Crippen LogP contribution in [0, 0.1) is 11.3 Å². The molecule has 0 radical (unpaired) electrons. The van der Waals surface area contributed by atoms with Crippen molar-refractivity contribution in [3.8, 4) is 11.8 Å². The molecule has 3 nitrogen and oxygen atoms in total. The normalized spacial score (nSPS) is 13.6. The van der Waals surface area contributed by atoms with E-state index in [9.17, 15) is 10.1 Å². The third-order valence-electron chi connectivity index (χ3n) is 2.61. The van der Waals surface area contributed by atoms with E-state index in [2.05, 4.69) is 22.0 Å². The highest BCUT2D eigenvalue weighted by atomic mass is 79.9. The number of para-hydroxylation sites is 1. The lowest BCUT2D eigenvalue weighted by Gasteiger charge is -2.23. The fourth-order valence-corrected chi connectivity index (χ4v) is 2.37. The molecule has 1 aromatic rings. The lowest BCUT2D eigenvalue weighted by Crippen LogP contribution is -2.23. The molecule has 0 fully saturated rings. The largest absolute Gasteiger partial charge is 0.495 e. The van der Waals surface area contributed by atoms with Crippen LogP contribution in [0.25, 0.3) is 0 Å². The first-order valence-electron chi connectivity index (χ1n) is 5.18. The number of hydrogen-bond acceptors (Lipinski definition) is 3. The monoisotopic (exact) mass is 295 g/mol. The van der Waals surface area contributed by atoms with E-state index in [1.807, 2.05) is 18.2 Å². The van der Waals surface area contributed by atoms with E-state index in [-0.39, 0.29) is 12.2 Å². The van der Waals surface area contributed by atoms with E-state index < -0.39 is 5.41 Å². The highest BCUT2D eigenvalue weighted by Gasteiger charge is 2.32. The molecule has 4 heteroatoms. The Hall–Kier alpha value is -1.34. The molecule has 1 aromatic carbocycles. The average molecular weight is 296 g/mol. The first kappa shape index (κ1) is 13.7. The van der Waals surface area contributed by atoms with Crippen molar-refractivity contribution in [3.63, 3.8) is 0 Å². The third kappa shape index (κ3) is 2.86. The number of nitriles is 1. The molecule has 1 rings (SSSR count). The zero-order valence-corrected chi connectivity index (χ0v) is 11.7. The van der Waals surface area contributed by atoms with Crippen molar-refractivity contribution in [2.45, 2.75) is 25.7 Å². The molecule has 1 unspecified atom stereocenters. The summed E-state index contributed by atoms with van der Waals surface area (Å²) in [6.45, 7) is 3.23. The molecule has 1 atom stereocenters. The molecule has 0 heterocycles. The SMILES string of the molecule is COc1c(Br)cccc1C(C)(C#N)CC(C)=O. The van der Waals surface area contributed by atoms with Crippen molar-refractivity contribution in [3.05, 3.63) is 28.2 Å². The van der Waals surface area contributed by atoms with E-state index >= 15 is 0 Å². The quantitative estimate of drug-likeness (QED) is 0.857. The minimum atomic E-state index is -0.860. The number of rotatable bonds is 4. The molecular weight excluding hydrogens is 282 g/mol. The third-order valence-corrected chi connectivity index (χ3v) is 3.24. The molecule has 0 N–H and O–H groups in total. The summed E-state index contributed by atoms with van der Waals surface area (Å²) in [5.41, 5.74) is -0.131. The molecule has 0 aliphatic carbocycles. The van der Waals surface area contributed by atoms with Crippen LogP contribution in [0.2, 0.25) is 0 Å². The van der Waals surface area contributed by atoms with Crippen LogP contribution in [0.15, 0.2) is 22.7 Å². The van der Waals surface area contributed by atoms with Crippen LogP contribution in [-0.4, -0.2) is 12.9 Å². The van der Waals surface area contributed by atoms with Crippen molar-refractivity contribution in [1.29, 1.82) is 5.26 Å². The summed E-state index contributed by atoms with van der Waals surface area (Å²) in [6, 6.07) is 7.69. The number of hydrogen-bond donors (Lipinski definition) is 0. The summed E-state index contributed by atoms with van der Waals surface area (Å²) in [7, 11) is 1.55. The molecule has 0 aliphatic rings. The van der Waals surface area contributed by atoms with E-state index in [0.29, 0.717) is 5.75 Å². The summed E-state index contributed by atoms with van der Waals surface area (Å²) in [4.78, 5) is 11.3.